The van der Waals surface area contributed by atoms with E-state index in [1.807, 2.05) is 0 Å². The van der Waals surface area contributed by atoms with Crippen molar-refractivity contribution >= 4 is 15.9 Å². The molecule has 0 saturated carbocycles. The van der Waals surface area contributed by atoms with Crippen LogP contribution in [0.15, 0.2) is 0 Å². The molecule has 46 valence electrons. The molecular formula is C5H8BrNO. The molecule has 0 aromatic heterocycles. The predicted molar refractivity (Wildman–Crippen MR) is 34.6 cm³/mol. The summed E-state index contributed by atoms with van der Waals surface area (Å²) in [5.74, 6) is 0. The molecule has 0 aliphatic carbocycles. The fourth-order valence-electron chi connectivity index (χ4n) is 0.153. The summed E-state index contributed by atoms with van der Waals surface area (Å²) in [7, 11) is 0. The van der Waals surface area contributed by atoms with Gasteiger partial charge in [0.2, 0.25) is 0 Å². The van der Waals surface area contributed by atoms with Crippen molar-refractivity contribution < 1.29 is 5.11 Å². The van der Waals surface area contributed by atoms with Crippen LogP contribution in [0.2, 0.25) is 0 Å². The van der Waals surface area contributed by atoms with E-state index >= 15 is 0 Å². The van der Waals surface area contributed by atoms with Crippen molar-refractivity contribution in [1.29, 1.82) is 5.26 Å². The van der Waals surface area contributed by atoms with Crippen LogP contribution in [-0.4, -0.2) is 15.5 Å². The highest BCUT2D eigenvalue weighted by Gasteiger charge is 2.23. The van der Waals surface area contributed by atoms with Gasteiger partial charge in [0.1, 0.15) is 0 Å². The predicted octanol–water partition coefficient (Wildman–Crippen LogP) is 1.04. The van der Waals surface area contributed by atoms with Crippen molar-refractivity contribution in [1.82, 2.24) is 0 Å². The Morgan fingerprint density at radius 3 is 2.12 bits per heavy atom. The average Bonchev–Trinajstić information content (AvgIpc) is 1.62. The number of rotatable bonds is 1. The molecule has 8 heavy (non-hydrogen) atoms. The van der Waals surface area contributed by atoms with Gasteiger partial charge in [-0.3, -0.25) is 0 Å². The molecule has 0 bridgehead atoms. The number of aliphatic hydroxyl groups is 1. The Bertz CT molecular complexity index is 111. The highest BCUT2D eigenvalue weighted by molar-refractivity contribution is 9.10. The molecule has 0 aromatic rings. The van der Waals surface area contributed by atoms with Gasteiger partial charge >= 0.3 is 0 Å². The molecule has 1 unspecified atom stereocenters. The Balaban J connectivity index is 3.87. The van der Waals surface area contributed by atoms with Gasteiger partial charge in [0.05, 0.1) is 10.4 Å². The summed E-state index contributed by atoms with van der Waals surface area (Å²) in [5.41, 5.74) is 0. The topological polar surface area (TPSA) is 44.0 Å². The SMILES string of the molecule is CC(C)(Br)C(O)C#N. The summed E-state index contributed by atoms with van der Waals surface area (Å²) in [5, 5.41) is 16.9. The third kappa shape index (κ3) is 2.29. The summed E-state index contributed by atoms with van der Waals surface area (Å²) >= 11 is 3.13. The second-order valence-corrected chi connectivity index (χ2v) is 4.14. The Labute approximate surface area is 57.3 Å². The third-order valence-corrected chi connectivity index (χ3v) is 1.21. The van der Waals surface area contributed by atoms with E-state index in [1.54, 1.807) is 19.9 Å². The first-order valence-electron chi connectivity index (χ1n) is 2.25. The second-order valence-electron chi connectivity index (χ2n) is 2.10. The van der Waals surface area contributed by atoms with E-state index in [1.165, 1.54) is 0 Å². The maximum absolute atomic E-state index is 8.79. The van der Waals surface area contributed by atoms with Crippen molar-refractivity contribution in [2.75, 3.05) is 0 Å². The van der Waals surface area contributed by atoms with Crippen LogP contribution in [0.5, 0.6) is 0 Å². The summed E-state index contributed by atoms with van der Waals surface area (Å²) in [6.07, 6.45) is -0.928. The minimum atomic E-state index is -0.928. The quantitative estimate of drug-likeness (QED) is 0.481. The molecule has 1 N–H and O–H groups in total. The number of nitrogens with zero attached hydrogens (tertiary/aromatic N) is 1. The van der Waals surface area contributed by atoms with Gasteiger partial charge in [-0.05, 0) is 13.8 Å². The number of nitriles is 1. The van der Waals surface area contributed by atoms with E-state index in [9.17, 15) is 0 Å². The first-order valence-corrected chi connectivity index (χ1v) is 3.04. The fourth-order valence-corrected chi connectivity index (χ4v) is 0.256. The van der Waals surface area contributed by atoms with E-state index in [2.05, 4.69) is 15.9 Å². The lowest BCUT2D eigenvalue weighted by molar-refractivity contribution is 0.199. The lowest BCUT2D eigenvalue weighted by Gasteiger charge is -2.16. The molecular weight excluding hydrogens is 170 g/mol. The van der Waals surface area contributed by atoms with Crippen LogP contribution in [-0.2, 0) is 0 Å². The molecule has 1 atom stereocenters. The number of aliphatic hydroxyl groups excluding tert-OH is 1. The highest BCUT2D eigenvalue weighted by Crippen LogP contribution is 2.19. The van der Waals surface area contributed by atoms with Crippen LogP contribution in [0.3, 0.4) is 0 Å². The highest BCUT2D eigenvalue weighted by atomic mass is 79.9. The van der Waals surface area contributed by atoms with Gasteiger partial charge in [-0.15, -0.1) is 0 Å². The number of halogens is 1. The van der Waals surface area contributed by atoms with Crippen molar-refractivity contribution in [3.8, 4) is 6.07 Å². The number of hydrogen-bond donors (Lipinski definition) is 1. The van der Waals surface area contributed by atoms with E-state index in [0.29, 0.717) is 0 Å². The maximum Gasteiger partial charge on any atom is 0.155 e. The lowest BCUT2D eigenvalue weighted by atomic mass is 10.1. The Hall–Kier alpha value is -0.0700. The molecule has 0 aromatic carbocycles. The molecule has 0 amide bonds. The van der Waals surface area contributed by atoms with Crippen LogP contribution in [0, 0.1) is 11.3 Å². The normalized spacial score (nSPS) is 14.9. The molecule has 0 radical (unpaired) electrons. The van der Waals surface area contributed by atoms with Crippen LogP contribution < -0.4 is 0 Å². The average molecular weight is 178 g/mol. The number of hydrogen-bond acceptors (Lipinski definition) is 2. The molecule has 0 spiro atoms. The molecule has 2 nitrogen and oxygen atoms in total. The molecule has 0 saturated heterocycles. The van der Waals surface area contributed by atoms with Crippen molar-refractivity contribution in [3.05, 3.63) is 0 Å². The molecule has 3 heteroatoms. The third-order valence-electron chi connectivity index (χ3n) is 0.773. The second kappa shape index (κ2) is 2.47. The van der Waals surface area contributed by atoms with E-state index < -0.39 is 10.4 Å². The van der Waals surface area contributed by atoms with Gasteiger partial charge in [-0.25, -0.2) is 0 Å². The minimum Gasteiger partial charge on any atom is -0.377 e. The molecule has 0 aliphatic heterocycles. The summed E-state index contributed by atoms with van der Waals surface area (Å²) in [6, 6.07) is 1.71. The van der Waals surface area contributed by atoms with Gasteiger partial charge in [-0.1, -0.05) is 15.9 Å². The van der Waals surface area contributed by atoms with Gasteiger partial charge in [0.15, 0.2) is 6.10 Å². The fraction of sp³-hybridized carbons (Fsp3) is 0.800. The standard InChI is InChI=1S/C5H8BrNO/c1-5(2,6)4(8)3-7/h4,8H,1-2H3. The van der Waals surface area contributed by atoms with Crippen LogP contribution in [0.1, 0.15) is 13.8 Å². The molecule has 0 rings (SSSR count). The zero-order valence-corrected chi connectivity index (χ0v) is 6.44. The van der Waals surface area contributed by atoms with Gasteiger partial charge in [-0.2, -0.15) is 5.26 Å². The summed E-state index contributed by atoms with van der Waals surface area (Å²) in [6.45, 7) is 3.47. The summed E-state index contributed by atoms with van der Waals surface area (Å²) in [4.78, 5) is 0. The van der Waals surface area contributed by atoms with Crippen LogP contribution in [0.25, 0.3) is 0 Å². The number of alkyl halides is 1. The first kappa shape index (κ1) is 7.93. The minimum absolute atomic E-state index is 0.484. The molecule has 0 heterocycles. The van der Waals surface area contributed by atoms with Crippen molar-refractivity contribution in [2.24, 2.45) is 0 Å². The molecule has 0 fully saturated rings. The van der Waals surface area contributed by atoms with E-state index in [-0.39, 0.29) is 0 Å². The van der Waals surface area contributed by atoms with Gasteiger partial charge in [0.25, 0.3) is 0 Å². The lowest BCUT2D eigenvalue weighted by Crippen LogP contribution is -2.27. The van der Waals surface area contributed by atoms with E-state index in [4.69, 9.17) is 10.4 Å². The van der Waals surface area contributed by atoms with Gasteiger partial charge in [0, 0.05) is 0 Å². The largest absolute Gasteiger partial charge is 0.377 e. The van der Waals surface area contributed by atoms with Crippen LogP contribution >= 0.6 is 15.9 Å². The summed E-state index contributed by atoms with van der Waals surface area (Å²) < 4.78 is -0.484. The zero-order chi connectivity index (χ0) is 6.78. The van der Waals surface area contributed by atoms with Gasteiger partial charge < -0.3 is 5.11 Å². The monoisotopic (exact) mass is 177 g/mol. The van der Waals surface area contributed by atoms with Crippen molar-refractivity contribution in [2.45, 2.75) is 24.3 Å². The Morgan fingerprint density at radius 1 is 1.75 bits per heavy atom. The van der Waals surface area contributed by atoms with Crippen molar-refractivity contribution in [3.63, 3.8) is 0 Å². The molecule has 0 aliphatic rings. The maximum atomic E-state index is 8.79. The Kier molecular flexibility index (Phi) is 2.45. The Morgan fingerprint density at radius 2 is 2.12 bits per heavy atom. The first-order chi connectivity index (χ1) is 3.48. The smallest absolute Gasteiger partial charge is 0.155 e. The van der Waals surface area contributed by atoms with Crippen LogP contribution in [0.4, 0.5) is 0 Å². The van der Waals surface area contributed by atoms with E-state index in [0.717, 1.165) is 0 Å². The zero-order valence-electron chi connectivity index (χ0n) is 4.85.